The Morgan fingerprint density at radius 2 is 1.94 bits per heavy atom. The van der Waals surface area contributed by atoms with Crippen LogP contribution in [0.15, 0.2) is 42.0 Å². The van der Waals surface area contributed by atoms with Crippen LogP contribution < -0.4 is 0 Å². The van der Waals surface area contributed by atoms with Gasteiger partial charge in [0.2, 0.25) is 0 Å². The van der Waals surface area contributed by atoms with Crippen LogP contribution in [-0.2, 0) is 4.29 Å². The predicted octanol–water partition coefficient (Wildman–Crippen LogP) is 5.28. The van der Waals surface area contributed by atoms with E-state index in [1.54, 1.807) is 0 Å². The molecular formula is C15H21ClO. The Labute approximate surface area is 110 Å². The Morgan fingerprint density at radius 3 is 2.47 bits per heavy atom. The van der Waals surface area contributed by atoms with Crippen LogP contribution in [-0.4, -0.2) is 0 Å². The van der Waals surface area contributed by atoms with Crippen molar-refractivity contribution in [2.45, 2.75) is 39.7 Å². The summed E-state index contributed by atoms with van der Waals surface area (Å²) in [5.41, 5.74) is 2.51. The van der Waals surface area contributed by atoms with Crippen molar-refractivity contribution in [2.75, 3.05) is 0 Å². The first kappa shape index (κ1) is 14.3. The third-order valence-electron chi connectivity index (χ3n) is 2.92. The van der Waals surface area contributed by atoms with Crippen LogP contribution in [0.5, 0.6) is 0 Å². The second kappa shape index (κ2) is 7.52. The summed E-state index contributed by atoms with van der Waals surface area (Å²) in [5.74, 6) is 0.408. The maximum atomic E-state index is 5.62. The second-order valence-corrected chi connectivity index (χ2v) is 4.93. The molecule has 0 N–H and O–H groups in total. The molecule has 0 saturated carbocycles. The van der Waals surface area contributed by atoms with Gasteiger partial charge >= 0.3 is 0 Å². The molecule has 0 bridgehead atoms. The third kappa shape index (κ3) is 4.93. The molecule has 1 aromatic carbocycles. The van der Waals surface area contributed by atoms with E-state index in [1.807, 2.05) is 18.2 Å². The van der Waals surface area contributed by atoms with Gasteiger partial charge in [-0.05, 0) is 38.2 Å². The maximum Gasteiger partial charge on any atom is 0.107 e. The smallest absolute Gasteiger partial charge is 0.107 e. The van der Waals surface area contributed by atoms with Gasteiger partial charge in [0, 0.05) is 0 Å². The predicted molar refractivity (Wildman–Crippen MR) is 74.0 cm³/mol. The van der Waals surface area contributed by atoms with Gasteiger partial charge in [-0.25, -0.2) is 0 Å². The van der Waals surface area contributed by atoms with E-state index in [9.17, 15) is 0 Å². The highest BCUT2D eigenvalue weighted by Gasteiger charge is 2.19. The molecule has 0 saturated heterocycles. The largest absolute Gasteiger partial charge is 0.271 e. The zero-order valence-electron chi connectivity index (χ0n) is 10.8. The standard InChI is InChI=1S/C15H21ClO/c1-12(2)8-7-9-13(3)15(17-16)14-10-5-4-6-11-14/h4-6,8,10-11,13,15H,7,9H2,1-3H3. The number of allylic oxidation sites excluding steroid dienone is 2. The van der Waals surface area contributed by atoms with Crippen molar-refractivity contribution in [1.29, 1.82) is 0 Å². The zero-order chi connectivity index (χ0) is 12.7. The van der Waals surface area contributed by atoms with E-state index in [0.29, 0.717) is 5.92 Å². The summed E-state index contributed by atoms with van der Waals surface area (Å²) < 4.78 is 5.11. The molecule has 1 nitrogen and oxygen atoms in total. The van der Waals surface area contributed by atoms with Gasteiger partial charge in [0.15, 0.2) is 0 Å². The van der Waals surface area contributed by atoms with Crippen molar-refractivity contribution >= 4 is 11.9 Å². The lowest BCUT2D eigenvalue weighted by molar-refractivity contribution is 0.155. The first-order valence-electron chi connectivity index (χ1n) is 6.11. The van der Waals surface area contributed by atoms with Crippen LogP contribution in [0, 0.1) is 5.92 Å². The summed E-state index contributed by atoms with van der Waals surface area (Å²) >= 11 is 5.62. The van der Waals surface area contributed by atoms with E-state index in [4.69, 9.17) is 16.2 Å². The van der Waals surface area contributed by atoms with Crippen LogP contribution in [0.2, 0.25) is 0 Å². The van der Waals surface area contributed by atoms with Crippen LogP contribution in [0.25, 0.3) is 0 Å². The highest BCUT2D eigenvalue weighted by atomic mass is 35.5. The topological polar surface area (TPSA) is 9.23 Å². The molecule has 0 aromatic heterocycles. The third-order valence-corrected chi connectivity index (χ3v) is 3.11. The average molecular weight is 253 g/mol. The lowest BCUT2D eigenvalue weighted by atomic mass is 9.93. The van der Waals surface area contributed by atoms with Crippen molar-refractivity contribution in [1.82, 2.24) is 0 Å². The molecule has 0 fully saturated rings. The molecule has 0 amide bonds. The van der Waals surface area contributed by atoms with E-state index >= 15 is 0 Å². The minimum atomic E-state index is -0.0246. The lowest BCUT2D eigenvalue weighted by Gasteiger charge is -2.20. The fourth-order valence-electron chi connectivity index (χ4n) is 1.90. The van der Waals surface area contributed by atoms with Gasteiger partial charge in [-0.15, -0.1) is 0 Å². The number of hydrogen-bond donors (Lipinski definition) is 0. The van der Waals surface area contributed by atoms with Gasteiger partial charge < -0.3 is 0 Å². The number of hydrogen-bond acceptors (Lipinski definition) is 1. The summed E-state index contributed by atoms with van der Waals surface area (Å²) in [6.45, 7) is 6.42. The number of benzene rings is 1. The summed E-state index contributed by atoms with van der Waals surface area (Å²) in [7, 11) is 0. The van der Waals surface area contributed by atoms with Crippen LogP contribution in [0.3, 0.4) is 0 Å². The van der Waals surface area contributed by atoms with Gasteiger partial charge in [-0.1, -0.05) is 48.9 Å². The number of rotatable bonds is 6. The lowest BCUT2D eigenvalue weighted by Crippen LogP contribution is -2.10. The van der Waals surface area contributed by atoms with Gasteiger partial charge in [0.1, 0.15) is 6.10 Å². The molecule has 94 valence electrons. The molecule has 0 heterocycles. The summed E-state index contributed by atoms with van der Waals surface area (Å²) in [4.78, 5) is 0. The molecule has 2 unspecified atom stereocenters. The Hall–Kier alpha value is -0.790. The Kier molecular flexibility index (Phi) is 6.31. The second-order valence-electron chi connectivity index (χ2n) is 4.76. The van der Waals surface area contributed by atoms with Crippen LogP contribution in [0.4, 0.5) is 0 Å². The van der Waals surface area contributed by atoms with E-state index in [1.165, 1.54) is 5.57 Å². The fourth-order valence-corrected chi connectivity index (χ4v) is 2.18. The van der Waals surface area contributed by atoms with Crippen molar-refractivity contribution in [3.05, 3.63) is 47.5 Å². The van der Waals surface area contributed by atoms with Crippen LogP contribution >= 0.6 is 11.9 Å². The Balaban J connectivity index is 2.59. The normalized spacial score (nSPS) is 14.1. The summed E-state index contributed by atoms with van der Waals surface area (Å²) in [6, 6.07) is 10.2. The van der Waals surface area contributed by atoms with Crippen LogP contribution in [0.1, 0.15) is 45.3 Å². The van der Waals surface area contributed by atoms with Crippen molar-refractivity contribution in [2.24, 2.45) is 5.92 Å². The van der Waals surface area contributed by atoms with Crippen molar-refractivity contribution < 1.29 is 4.29 Å². The van der Waals surface area contributed by atoms with E-state index in [-0.39, 0.29) is 6.10 Å². The van der Waals surface area contributed by atoms with Crippen molar-refractivity contribution in [3.63, 3.8) is 0 Å². The average Bonchev–Trinajstić information content (AvgIpc) is 2.31. The molecule has 0 radical (unpaired) electrons. The SMILES string of the molecule is CC(C)=CCCC(C)C(OCl)c1ccccc1. The minimum Gasteiger partial charge on any atom is -0.271 e. The fraction of sp³-hybridized carbons (Fsp3) is 0.467. The highest BCUT2D eigenvalue weighted by molar-refractivity contribution is 6.07. The molecule has 0 spiro atoms. The molecule has 0 aliphatic rings. The molecule has 1 rings (SSSR count). The molecule has 17 heavy (non-hydrogen) atoms. The molecule has 2 heteroatoms. The molecule has 1 aromatic rings. The van der Waals surface area contributed by atoms with E-state index in [2.05, 4.69) is 39.0 Å². The number of halogens is 1. The Morgan fingerprint density at radius 1 is 1.29 bits per heavy atom. The molecule has 0 aliphatic heterocycles. The quantitative estimate of drug-likeness (QED) is 0.626. The first-order chi connectivity index (χ1) is 8.15. The first-order valence-corrected chi connectivity index (χ1v) is 6.41. The van der Waals surface area contributed by atoms with Crippen molar-refractivity contribution in [3.8, 4) is 0 Å². The molecule has 2 atom stereocenters. The summed E-state index contributed by atoms with van der Waals surface area (Å²) in [5, 5.41) is 0. The Bertz CT molecular complexity index is 341. The molecular weight excluding hydrogens is 232 g/mol. The van der Waals surface area contributed by atoms with Gasteiger partial charge in [0.05, 0.1) is 11.9 Å². The van der Waals surface area contributed by atoms with Gasteiger partial charge in [-0.2, -0.15) is 0 Å². The molecule has 0 aliphatic carbocycles. The monoisotopic (exact) mass is 252 g/mol. The zero-order valence-corrected chi connectivity index (χ0v) is 11.6. The van der Waals surface area contributed by atoms with Gasteiger partial charge in [0.25, 0.3) is 0 Å². The summed E-state index contributed by atoms with van der Waals surface area (Å²) in [6.07, 6.45) is 4.39. The maximum absolute atomic E-state index is 5.62. The minimum absolute atomic E-state index is 0.0246. The highest BCUT2D eigenvalue weighted by Crippen LogP contribution is 2.30. The van der Waals surface area contributed by atoms with E-state index in [0.717, 1.165) is 18.4 Å². The van der Waals surface area contributed by atoms with E-state index < -0.39 is 0 Å². The van der Waals surface area contributed by atoms with Gasteiger partial charge in [-0.3, -0.25) is 4.29 Å².